The summed E-state index contributed by atoms with van der Waals surface area (Å²) < 4.78 is 26.3. The Bertz CT molecular complexity index is 870. The molecule has 0 amide bonds. The van der Waals surface area contributed by atoms with Crippen LogP contribution in [0.2, 0.25) is 0 Å². The average Bonchev–Trinajstić information content (AvgIpc) is 2.61. The van der Waals surface area contributed by atoms with Gasteiger partial charge >= 0.3 is 0 Å². The highest BCUT2D eigenvalue weighted by Gasteiger charge is 2.26. The van der Waals surface area contributed by atoms with Crippen molar-refractivity contribution in [2.75, 3.05) is 0 Å². The second-order valence-corrected chi connectivity index (χ2v) is 9.35. The van der Waals surface area contributed by atoms with Crippen molar-refractivity contribution in [1.82, 2.24) is 4.83 Å². The van der Waals surface area contributed by atoms with Crippen molar-refractivity contribution in [1.29, 1.82) is 0 Å². The van der Waals surface area contributed by atoms with E-state index in [0.717, 1.165) is 22.3 Å². The zero-order chi connectivity index (χ0) is 20.2. The fourth-order valence-corrected chi connectivity index (χ4v) is 4.45. The van der Waals surface area contributed by atoms with Gasteiger partial charge in [0, 0.05) is 0 Å². The zero-order valence-corrected chi connectivity index (χ0v) is 17.8. The Balaban J connectivity index is 2.52. The number of nitrogens with one attached hydrogen (secondary N) is 1. The van der Waals surface area contributed by atoms with Crippen LogP contribution in [0.4, 0.5) is 0 Å². The van der Waals surface area contributed by atoms with Gasteiger partial charge in [-0.3, -0.25) is 0 Å². The van der Waals surface area contributed by atoms with Gasteiger partial charge in [0.1, 0.15) is 0 Å². The van der Waals surface area contributed by atoms with E-state index >= 15 is 0 Å². The Hall–Kier alpha value is -2.14. The molecule has 4 nitrogen and oxygen atoms in total. The molecule has 146 valence electrons. The molecule has 0 spiro atoms. The molecule has 0 unspecified atom stereocenters. The smallest absolute Gasteiger partial charge is 0.200 e. The molecule has 0 atom stereocenters. The van der Waals surface area contributed by atoms with Gasteiger partial charge in [0.15, 0.2) is 0 Å². The van der Waals surface area contributed by atoms with Gasteiger partial charge in [-0.1, -0.05) is 84.0 Å². The molecule has 0 aliphatic carbocycles. The summed E-state index contributed by atoms with van der Waals surface area (Å²) in [6.07, 6.45) is 1.52. The summed E-state index contributed by atoms with van der Waals surface area (Å²) in [6, 6.07) is 13.5. The first-order chi connectivity index (χ1) is 12.6. The molecule has 5 heteroatoms. The number of hydrogen-bond donors (Lipinski definition) is 1. The lowest BCUT2D eigenvalue weighted by atomic mass is 9.89. The van der Waals surface area contributed by atoms with E-state index in [2.05, 4.69) is 23.8 Å². The average molecular weight is 387 g/mol. The molecule has 1 N–H and O–H groups in total. The van der Waals surface area contributed by atoms with Gasteiger partial charge in [0.05, 0.1) is 11.1 Å². The van der Waals surface area contributed by atoms with Gasteiger partial charge < -0.3 is 0 Å². The number of nitrogens with zero attached hydrogens (tertiary/aromatic N) is 1. The summed E-state index contributed by atoms with van der Waals surface area (Å²) in [5.74, 6) is 0.512. The van der Waals surface area contributed by atoms with Gasteiger partial charge in [0.2, 0.25) is 0 Å². The molecule has 0 aliphatic heterocycles. The van der Waals surface area contributed by atoms with Crippen LogP contribution in [0.5, 0.6) is 0 Å². The monoisotopic (exact) mass is 386 g/mol. The lowest BCUT2D eigenvalue weighted by Crippen LogP contribution is -2.23. The van der Waals surface area contributed by atoms with Gasteiger partial charge in [-0.25, -0.2) is 4.83 Å². The minimum atomic E-state index is -3.77. The van der Waals surface area contributed by atoms with Gasteiger partial charge in [-0.15, -0.1) is 0 Å². The maximum absolute atomic E-state index is 13.1. The van der Waals surface area contributed by atoms with E-state index in [0.29, 0.717) is 10.8 Å². The Labute approximate surface area is 163 Å². The van der Waals surface area contributed by atoms with Crippen LogP contribution in [0, 0.1) is 0 Å². The second-order valence-electron chi connectivity index (χ2n) is 7.76. The van der Waals surface area contributed by atoms with E-state index in [-0.39, 0.29) is 11.8 Å². The van der Waals surface area contributed by atoms with Crippen molar-refractivity contribution in [3.8, 4) is 0 Å². The minimum absolute atomic E-state index is 0.0888. The molecule has 2 aromatic carbocycles. The van der Waals surface area contributed by atoms with Gasteiger partial charge in [-0.2, -0.15) is 13.5 Å². The molecular formula is C22H30N2O2S. The third kappa shape index (κ3) is 5.19. The summed E-state index contributed by atoms with van der Waals surface area (Å²) in [5, 5.41) is 3.99. The summed E-state index contributed by atoms with van der Waals surface area (Å²) in [7, 11) is -3.77. The van der Waals surface area contributed by atoms with E-state index < -0.39 is 10.0 Å². The first-order valence-electron chi connectivity index (χ1n) is 9.41. The van der Waals surface area contributed by atoms with Crippen molar-refractivity contribution in [3.63, 3.8) is 0 Å². The number of hydrazone groups is 1. The fourth-order valence-electron chi connectivity index (χ4n) is 2.95. The first-order valence-corrected chi connectivity index (χ1v) is 10.9. The Morgan fingerprint density at radius 2 is 1.37 bits per heavy atom. The summed E-state index contributed by atoms with van der Waals surface area (Å²) in [6.45, 7) is 12.3. The second kappa shape index (κ2) is 8.70. The van der Waals surface area contributed by atoms with Crippen LogP contribution in [0.3, 0.4) is 0 Å². The van der Waals surface area contributed by atoms with Gasteiger partial charge in [0.25, 0.3) is 10.0 Å². The van der Waals surface area contributed by atoms with Crippen molar-refractivity contribution in [2.24, 2.45) is 5.10 Å². The van der Waals surface area contributed by atoms with Crippen LogP contribution < -0.4 is 4.83 Å². The molecule has 27 heavy (non-hydrogen) atoms. The lowest BCUT2D eigenvalue weighted by molar-refractivity contribution is 0.579. The van der Waals surface area contributed by atoms with Crippen LogP contribution in [0.25, 0.3) is 0 Å². The SMILES string of the molecule is CC(C)c1cc(C(C)C)c(S(=O)(=O)N/N=C/c2ccccc2)c(C(C)C)c1. The van der Waals surface area contributed by atoms with Crippen molar-refractivity contribution < 1.29 is 8.42 Å². The number of rotatable bonds is 7. The number of benzene rings is 2. The van der Waals surface area contributed by atoms with Crippen LogP contribution >= 0.6 is 0 Å². The molecule has 0 saturated carbocycles. The van der Waals surface area contributed by atoms with E-state index in [9.17, 15) is 8.42 Å². The molecule has 0 fully saturated rings. The molecule has 0 aliphatic rings. The summed E-state index contributed by atoms with van der Waals surface area (Å²) >= 11 is 0. The molecule has 2 aromatic rings. The van der Waals surface area contributed by atoms with Crippen LogP contribution in [-0.2, 0) is 10.0 Å². The van der Waals surface area contributed by atoms with Crippen molar-refractivity contribution in [2.45, 2.75) is 64.2 Å². The molecule has 0 heterocycles. The topological polar surface area (TPSA) is 58.5 Å². The summed E-state index contributed by atoms with van der Waals surface area (Å²) in [4.78, 5) is 2.77. The maximum Gasteiger partial charge on any atom is 0.277 e. The lowest BCUT2D eigenvalue weighted by Gasteiger charge is -2.22. The highest BCUT2D eigenvalue weighted by Crippen LogP contribution is 2.34. The quantitative estimate of drug-likeness (QED) is 0.514. The maximum atomic E-state index is 13.1. The molecule has 0 aromatic heterocycles. The predicted octanol–water partition coefficient (Wildman–Crippen LogP) is 5.37. The predicted molar refractivity (Wildman–Crippen MR) is 113 cm³/mol. The normalized spacial score (nSPS) is 12.5. The molecule has 0 bridgehead atoms. The highest BCUT2D eigenvalue weighted by molar-refractivity contribution is 7.89. The number of hydrogen-bond acceptors (Lipinski definition) is 3. The van der Waals surface area contributed by atoms with Crippen molar-refractivity contribution >= 4 is 16.2 Å². The van der Waals surface area contributed by atoms with Crippen LogP contribution in [-0.4, -0.2) is 14.6 Å². The standard InChI is InChI=1S/C22H30N2O2S/c1-15(2)19-12-20(16(3)4)22(21(13-19)17(5)6)27(25,26)24-23-14-18-10-8-7-9-11-18/h7-17,24H,1-6H3/b23-14+. The summed E-state index contributed by atoms with van der Waals surface area (Å²) in [5.41, 5.74) is 3.68. The third-order valence-electron chi connectivity index (χ3n) is 4.53. The first kappa shape index (κ1) is 21.2. The molecular weight excluding hydrogens is 356 g/mol. The van der Waals surface area contributed by atoms with E-state index in [4.69, 9.17) is 0 Å². The molecule has 0 saturated heterocycles. The van der Waals surface area contributed by atoms with E-state index in [1.807, 2.05) is 70.2 Å². The van der Waals surface area contributed by atoms with Crippen LogP contribution in [0.15, 0.2) is 52.5 Å². The molecule has 2 rings (SSSR count). The van der Waals surface area contributed by atoms with E-state index in [1.165, 1.54) is 6.21 Å². The molecule has 0 radical (unpaired) electrons. The zero-order valence-electron chi connectivity index (χ0n) is 17.0. The van der Waals surface area contributed by atoms with E-state index in [1.54, 1.807) is 0 Å². The largest absolute Gasteiger partial charge is 0.277 e. The Kier molecular flexibility index (Phi) is 6.82. The Morgan fingerprint density at radius 3 is 1.81 bits per heavy atom. The highest BCUT2D eigenvalue weighted by atomic mass is 32.2. The van der Waals surface area contributed by atoms with Crippen molar-refractivity contribution in [3.05, 3.63) is 64.7 Å². The third-order valence-corrected chi connectivity index (χ3v) is 5.89. The fraction of sp³-hybridized carbons (Fsp3) is 0.409. The minimum Gasteiger partial charge on any atom is -0.200 e. The number of sulfonamides is 1. The van der Waals surface area contributed by atoms with Gasteiger partial charge in [-0.05, 0) is 40.0 Å². The Morgan fingerprint density at radius 1 is 0.852 bits per heavy atom. The van der Waals surface area contributed by atoms with Crippen LogP contribution in [0.1, 0.15) is 81.5 Å².